The molecule has 0 saturated carbocycles. The number of aryl methyl sites for hydroxylation is 2. The number of rotatable bonds is 3. The van der Waals surface area contributed by atoms with Crippen molar-refractivity contribution >= 4 is 21.6 Å². The number of hydrogen-bond donors (Lipinski definition) is 1. The summed E-state index contributed by atoms with van der Waals surface area (Å²) >= 11 is 3.63. The monoisotopic (exact) mass is 324 g/mol. The average molecular weight is 325 g/mol. The molecule has 1 aliphatic rings. The van der Waals surface area contributed by atoms with Crippen molar-refractivity contribution in [3.63, 3.8) is 0 Å². The zero-order valence-electron chi connectivity index (χ0n) is 12.5. The van der Waals surface area contributed by atoms with E-state index in [0.717, 1.165) is 0 Å². The van der Waals surface area contributed by atoms with Gasteiger partial charge in [-0.15, -0.1) is 0 Å². The predicted octanol–water partition coefficient (Wildman–Crippen LogP) is 4.35. The van der Waals surface area contributed by atoms with Crippen LogP contribution in [0.15, 0.2) is 16.6 Å². The fraction of sp³-hybridized carbons (Fsp3) is 0.625. The summed E-state index contributed by atoms with van der Waals surface area (Å²) in [6.07, 6.45) is 2.48. The van der Waals surface area contributed by atoms with Crippen LogP contribution in [-0.4, -0.2) is 30.1 Å². The van der Waals surface area contributed by atoms with Crippen molar-refractivity contribution in [2.24, 2.45) is 0 Å². The second-order valence-corrected chi connectivity index (χ2v) is 6.77. The second-order valence-electron chi connectivity index (χ2n) is 5.97. The summed E-state index contributed by atoms with van der Waals surface area (Å²) < 4.78 is 1.23. The molecule has 19 heavy (non-hydrogen) atoms. The number of hydrogen-bond acceptors (Lipinski definition) is 2. The van der Waals surface area contributed by atoms with Gasteiger partial charge in [0.25, 0.3) is 0 Å². The fourth-order valence-electron chi connectivity index (χ4n) is 2.83. The molecule has 1 fully saturated rings. The average Bonchev–Trinajstić information content (AvgIpc) is 2.36. The van der Waals surface area contributed by atoms with Gasteiger partial charge in [0, 0.05) is 35.3 Å². The van der Waals surface area contributed by atoms with Crippen LogP contribution in [0.25, 0.3) is 0 Å². The lowest BCUT2D eigenvalue weighted by molar-refractivity contribution is 0.177. The van der Waals surface area contributed by atoms with E-state index in [9.17, 15) is 0 Å². The molecule has 0 spiro atoms. The van der Waals surface area contributed by atoms with Crippen LogP contribution in [0, 0.1) is 13.8 Å². The van der Waals surface area contributed by atoms with Crippen molar-refractivity contribution in [2.75, 3.05) is 18.4 Å². The third-order valence-electron chi connectivity index (χ3n) is 4.07. The molecule has 1 aromatic rings. The summed E-state index contributed by atoms with van der Waals surface area (Å²) in [5.41, 5.74) is 3.88. The van der Waals surface area contributed by atoms with Gasteiger partial charge in [0.15, 0.2) is 0 Å². The highest BCUT2D eigenvalue weighted by Crippen LogP contribution is 2.26. The summed E-state index contributed by atoms with van der Waals surface area (Å²) in [5.74, 6) is 0. The molecule has 1 aromatic carbocycles. The van der Waals surface area contributed by atoms with Gasteiger partial charge in [0.1, 0.15) is 0 Å². The van der Waals surface area contributed by atoms with E-state index in [2.05, 4.69) is 66.0 Å². The number of nitrogens with one attached hydrogen (secondary N) is 1. The van der Waals surface area contributed by atoms with E-state index < -0.39 is 0 Å². The molecule has 0 radical (unpaired) electrons. The number of nitrogens with zero attached hydrogens (tertiary/aromatic N) is 1. The molecule has 0 aliphatic carbocycles. The van der Waals surface area contributed by atoms with E-state index in [0.29, 0.717) is 12.1 Å². The lowest BCUT2D eigenvalue weighted by Crippen LogP contribution is -2.42. The highest BCUT2D eigenvalue weighted by Gasteiger charge is 2.20. The van der Waals surface area contributed by atoms with Crippen molar-refractivity contribution in [3.8, 4) is 0 Å². The summed E-state index contributed by atoms with van der Waals surface area (Å²) in [5, 5.41) is 3.70. The predicted molar refractivity (Wildman–Crippen MR) is 87.0 cm³/mol. The Morgan fingerprint density at radius 1 is 1.16 bits per heavy atom. The molecule has 0 bridgehead atoms. The third-order valence-corrected chi connectivity index (χ3v) is 5.32. The summed E-state index contributed by atoms with van der Waals surface area (Å²) in [7, 11) is 0. The maximum absolute atomic E-state index is 3.70. The van der Waals surface area contributed by atoms with E-state index >= 15 is 0 Å². The molecule has 1 heterocycles. The first kappa shape index (κ1) is 14.9. The number of anilines is 1. The molecule has 1 saturated heterocycles. The highest BCUT2D eigenvalue weighted by molar-refractivity contribution is 9.10. The Labute approximate surface area is 125 Å². The largest absolute Gasteiger partial charge is 0.382 e. The van der Waals surface area contributed by atoms with Crippen molar-refractivity contribution in [1.82, 2.24) is 4.90 Å². The third kappa shape index (κ3) is 3.73. The van der Waals surface area contributed by atoms with Crippen LogP contribution in [0.5, 0.6) is 0 Å². The Bertz CT molecular complexity index is 411. The summed E-state index contributed by atoms with van der Waals surface area (Å²) in [6, 6.07) is 5.78. The summed E-state index contributed by atoms with van der Waals surface area (Å²) in [6.45, 7) is 11.3. The Morgan fingerprint density at radius 2 is 1.68 bits per heavy atom. The minimum absolute atomic E-state index is 0.620. The van der Waals surface area contributed by atoms with E-state index in [1.54, 1.807) is 0 Å². The van der Waals surface area contributed by atoms with Gasteiger partial charge in [-0.05, 0) is 63.8 Å². The zero-order valence-corrected chi connectivity index (χ0v) is 14.0. The van der Waals surface area contributed by atoms with Crippen molar-refractivity contribution < 1.29 is 0 Å². The first-order valence-corrected chi connectivity index (χ1v) is 8.04. The van der Waals surface area contributed by atoms with Crippen molar-refractivity contribution in [1.29, 1.82) is 0 Å². The Morgan fingerprint density at radius 3 is 2.16 bits per heavy atom. The lowest BCUT2D eigenvalue weighted by atomic mass is 10.0. The van der Waals surface area contributed by atoms with E-state index in [-0.39, 0.29) is 0 Å². The minimum atomic E-state index is 0.620. The lowest BCUT2D eigenvalue weighted by Gasteiger charge is -2.35. The van der Waals surface area contributed by atoms with Crippen molar-refractivity contribution in [3.05, 3.63) is 27.7 Å². The van der Waals surface area contributed by atoms with Gasteiger partial charge >= 0.3 is 0 Å². The van der Waals surface area contributed by atoms with Crippen LogP contribution in [0.2, 0.25) is 0 Å². The molecule has 0 amide bonds. The zero-order chi connectivity index (χ0) is 14.0. The van der Waals surface area contributed by atoms with E-state index in [1.165, 1.54) is 47.2 Å². The molecule has 2 nitrogen and oxygen atoms in total. The molecule has 106 valence electrons. The van der Waals surface area contributed by atoms with Crippen LogP contribution < -0.4 is 5.32 Å². The molecular formula is C16H25BrN2. The first-order chi connectivity index (χ1) is 8.97. The van der Waals surface area contributed by atoms with Gasteiger partial charge in [-0.1, -0.05) is 15.9 Å². The standard InChI is InChI=1S/C16H25BrN2/c1-11(2)19-7-5-14(6-8-19)18-15-9-12(3)16(17)13(4)10-15/h9-11,14,18H,5-8H2,1-4H3. The Kier molecular flexibility index (Phi) is 4.91. The molecular weight excluding hydrogens is 300 g/mol. The fourth-order valence-corrected chi connectivity index (χ4v) is 3.05. The smallest absolute Gasteiger partial charge is 0.0348 e. The number of halogens is 1. The Hall–Kier alpha value is -0.540. The van der Waals surface area contributed by atoms with Crippen molar-refractivity contribution in [2.45, 2.75) is 52.6 Å². The number of benzene rings is 1. The molecule has 2 rings (SSSR count). The van der Waals surface area contributed by atoms with Gasteiger partial charge in [-0.3, -0.25) is 0 Å². The number of piperidine rings is 1. The summed E-state index contributed by atoms with van der Waals surface area (Å²) in [4.78, 5) is 2.57. The van der Waals surface area contributed by atoms with Crippen LogP contribution in [0.3, 0.4) is 0 Å². The van der Waals surface area contributed by atoms with Gasteiger partial charge in [-0.25, -0.2) is 0 Å². The Balaban J connectivity index is 1.96. The minimum Gasteiger partial charge on any atom is -0.382 e. The molecule has 3 heteroatoms. The molecule has 0 aromatic heterocycles. The van der Waals surface area contributed by atoms with Gasteiger partial charge in [0.05, 0.1) is 0 Å². The van der Waals surface area contributed by atoms with E-state index in [4.69, 9.17) is 0 Å². The highest BCUT2D eigenvalue weighted by atomic mass is 79.9. The number of likely N-dealkylation sites (tertiary alicyclic amines) is 1. The van der Waals surface area contributed by atoms with Crippen LogP contribution in [-0.2, 0) is 0 Å². The molecule has 1 aliphatic heterocycles. The molecule has 0 atom stereocenters. The maximum Gasteiger partial charge on any atom is 0.0348 e. The van der Waals surface area contributed by atoms with Gasteiger partial charge in [-0.2, -0.15) is 0 Å². The topological polar surface area (TPSA) is 15.3 Å². The maximum atomic E-state index is 3.70. The van der Waals surface area contributed by atoms with Crippen LogP contribution in [0.4, 0.5) is 5.69 Å². The van der Waals surface area contributed by atoms with Crippen LogP contribution >= 0.6 is 15.9 Å². The van der Waals surface area contributed by atoms with Gasteiger partial charge in [0.2, 0.25) is 0 Å². The normalized spacial score (nSPS) is 18.0. The molecule has 1 N–H and O–H groups in total. The second kappa shape index (κ2) is 6.27. The first-order valence-electron chi connectivity index (χ1n) is 7.24. The molecule has 0 unspecified atom stereocenters. The van der Waals surface area contributed by atoms with Gasteiger partial charge < -0.3 is 10.2 Å². The SMILES string of the molecule is Cc1cc(NC2CCN(C(C)C)CC2)cc(C)c1Br. The quantitative estimate of drug-likeness (QED) is 0.889. The van der Waals surface area contributed by atoms with Crippen LogP contribution in [0.1, 0.15) is 37.8 Å². The van der Waals surface area contributed by atoms with E-state index in [1.807, 2.05) is 0 Å².